The third-order valence-corrected chi connectivity index (χ3v) is 6.26. The van der Waals surface area contributed by atoms with Crippen LogP contribution in [-0.2, 0) is 16.6 Å². The van der Waals surface area contributed by atoms with Crippen LogP contribution in [0.2, 0.25) is 0 Å². The molecule has 0 atom stereocenters. The molecule has 2 heterocycles. The fraction of sp³-hybridized carbons (Fsp3) is 0.421. The molecule has 8 heteroatoms. The summed E-state index contributed by atoms with van der Waals surface area (Å²) in [7, 11) is -3.62. The Kier molecular flexibility index (Phi) is 5.57. The van der Waals surface area contributed by atoms with Gasteiger partial charge in [0.05, 0.1) is 11.4 Å². The van der Waals surface area contributed by atoms with Crippen LogP contribution >= 0.6 is 0 Å². The maximum absolute atomic E-state index is 13.1. The Labute approximate surface area is 160 Å². The summed E-state index contributed by atoms with van der Waals surface area (Å²) in [5.74, 6) is 0.939. The van der Waals surface area contributed by atoms with Crippen LogP contribution in [0.3, 0.4) is 0 Å². The minimum atomic E-state index is -3.62. The molecule has 0 aliphatic heterocycles. The number of fused-ring (bicyclic) bond motifs is 1. The lowest BCUT2D eigenvalue weighted by molar-refractivity contribution is 0.389. The van der Waals surface area contributed by atoms with Crippen molar-refractivity contribution in [1.82, 2.24) is 23.9 Å². The van der Waals surface area contributed by atoms with E-state index in [2.05, 4.69) is 15.1 Å². The highest BCUT2D eigenvalue weighted by Crippen LogP contribution is 2.19. The maximum atomic E-state index is 13.1. The molecule has 0 spiro atoms. The minimum Gasteiger partial charge on any atom is -0.216 e. The molecule has 0 aliphatic carbocycles. The Balaban J connectivity index is 1.95. The number of hydrogen-bond acceptors (Lipinski definition) is 5. The van der Waals surface area contributed by atoms with Crippen LogP contribution in [0.5, 0.6) is 0 Å². The molecule has 27 heavy (non-hydrogen) atoms. The van der Waals surface area contributed by atoms with Gasteiger partial charge >= 0.3 is 0 Å². The number of unbranched alkanes of at least 4 members (excludes halogenated alkanes) is 1. The Morgan fingerprint density at radius 3 is 2.44 bits per heavy atom. The van der Waals surface area contributed by atoms with E-state index in [1.54, 1.807) is 16.6 Å². The van der Waals surface area contributed by atoms with E-state index in [9.17, 15) is 8.42 Å². The van der Waals surface area contributed by atoms with Gasteiger partial charge in [0, 0.05) is 17.9 Å². The monoisotopic (exact) mass is 387 g/mol. The fourth-order valence-corrected chi connectivity index (χ4v) is 4.34. The average Bonchev–Trinajstić information content (AvgIpc) is 3.01. The highest BCUT2D eigenvalue weighted by Gasteiger charge is 2.26. The molecule has 2 aromatic heterocycles. The van der Waals surface area contributed by atoms with Crippen molar-refractivity contribution < 1.29 is 8.42 Å². The van der Waals surface area contributed by atoms with Crippen molar-refractivity contribution in [2.24, 2.45) is 0 Å². The van der Waals surface area contributed by atoms with Gasteiger partial charge in [0.25, 0.3) is 5.78 Å². The van der Waals surface area contributed by atoms with Gasteiger partial charge in [-0.3, -0.25) is 0 Å². The Hall–Kier alpha value is -2.32. The van der Waals surface area contributed by atoms with E-state index in [-0.39, 0.29) is 11.4 Å². The van der Waals surface area contributed by atoms with Gasteiger partial charge in [0.2, 0.25) is 10.0 Å². The molecule has 0 fully saturated rings. The van der Waals surface area contributed by atoms with Crippen LogP contribution in [0.1, 0.15) is 42.5 Å². The predicted molar refractivity (Wildman–Crippen MR) is 104 cm³/mol. The third-order valence-electron chi connectivity index (χ3n) is 4.40. The number of rotatable bonds is 7. The number of aryl methyl sites for hydroxylation is 3. The van der Waals surface area contributed by atoms with E-state index in [1.165, 1.54) is 4.31 Å². The lowest BCUT2D eigenvalue weighted by atomic mass is 10.2. The van der Waals surface area contributed by atoms with Crippen LogP contribution in [0.25, 0.3) is 5.78 Å². The molecule has 0 bridgehead atoms. The van der Waals surface area contributed by atoms with Crippen molar-refractivity contribution in [3.8, 4) is 0 Å². The number of sulfonamides is 1. The second-order valence-electron chi connectivity index (χ2n) is 6.78. The number of nitrogens with zero attached hydrogens (tertiary/aromatic N) is 5. The van der Waals surface area contributed by atoms with Crippen LogP contribution in [0, 0.1) is 20.8 Å². The van der Waals surface area contributed by atoms with Crippen molar-refractivity contribution in [2.75, 3.05) is 6.54 Å². The van der Waals surface area contributed by atoms with Gasteiger partial charge in [-0.05, 0) is 45.4 Å². The van der Waals surface area contributed by atoms with Crippen molar-refractivity contribution >= 4 is 15.8 Å². The van der Waals surface area contributed by atoms with Crippen molar-refractivity contribution in [1.29, 1.82) is 0 Å². The standard InChI is InChI=1S/C19H25N5O2S/c1-5-6-11-23(27(25,26)17-9-7-14(2)8-10-17)13-18-21-19-20-15(3)12-16(4)24(19)22-18/h7-10,12H,5-6,11,13H2,1-4H3. The second-order valence-corrected chi connectivity index (χ2v) is 8.72. The molecule has 3 aromatic rings. The smallest absolute Gasteiger partial charge is 0.216 e. The highest BCUT2D eigenvalue weighted by atomic mass is 32.2. The van der Waals surface area contributed by atoms with Gasteiger partial charge in [-0.25, -0.2) is 17.9 Å². The zero-order chi connectivity index (χ0) is 19.6. The molecule has 0 amide bonds. The Morgan fingerprint density at radius 1 is 1.07 bits per heavy atom. The molecule has 0 aliphatic rings. The normalized spacial score (nSPS) is 12.2. The molecule has 0 saturated heterocycles. The van der Waals surface area contributed by atoms with Gasteiger partial charge in [-0.2, -0.15) is 9.29 Å². The molecule has 1 aromatic carbocycles. The molecule has 0 saturated carbocycles. The van der Waals surface area contributed by atoms with Crippen LogP contribution in [0.15, 0.2) is 35.2 Å². The summed E-state index contributed by atoms with van der Waals surface area (Å²) in [6, 6.07) is 8.84. The van der Waals surface area contributed by atoms with Gasteiger partial charge in [-0.1, -0.05) is 31.0 Å². The first-order chi connectivity index (χ1) is 12.8. The summed E-state index contributed by atoms with van der Waals surface area (Å²) in [6.45, 7) is 8.35. The van der Waals surface area contributed by atoms with E-state index in [0.29, 0.717) is 18.1 Å². The molecule has 0 unspecified atom stereocenters. The topological polar surface area (TPSA) is 80.5 Å². The SMILES string of the molecule is CCCCN(Cc1nc2nc(C)cc(C)n2n1)S(=O)(=O)c1ccc(C)cc1. The van der Waals surface area contributed by atoms with Gasteiger partial charge < -0.3 is 0 Å². The molecule has 7 nitrogen and oxygen atoms in total. The Morgan fingerprint density at radius 2 is 1.78 bits per heavy atom. The molecular formula is C19H25N5O2S. The third kappa shape index (κ3) is 4.17. The first kappa shape index (κ1) is 19.4. The van der Waals surface area contributed by atoms with E-state index in [1.807, 2.05) is 45.9 Å². The zero-order valence-electron chi connectivity index (χ0n) is 16.2. The Bertz CT molecular complexity index is 1040. The summed E-state index contributed by atoms with van der Waals surface area (Å²) in [5, 5.41) is 4.46. The van der Waals surface area contributed by atoms with E-state index in [0.717, 1.165) is 29.8 Å². The molecule has 3 rings (SSSR count). The predicted octanol–water partition coefficient (Wildman–Crippen LogP) is 3.04. The van der Waals surface area contributed by atoms with Crippen LogP contribution in [0.4, 0.5) is 0 Å². The lowest BCUT2D eigenvalue weighted by Gasteiger charge is -2.20. The average molecular weight is 388 g/mol. The fourth-order valence-electron chi connectivity index (χ4n) is 2.91. The van der Waals surface area contributed by atoms with Gasteiger partial charge in [-0.15, -0.1) is 5.10 Å². The molecule has 144 valence electrons. The van der Waals surface area contributed by atoms with Crippen molar-refractivity contribution in [3.63, 3.8) is 0 Å². The van der Waals surface area contributed by atoms with Crippen molar-refractivity contribution in [3.05, 3.63) is 53.1 Å². The quantitative estimate of drug-likeness (QED) is 0.622. The largest absolute Gasteiger partial charge is 0.252 e. The molecular weight excluding hydrogens is 362 g/mol. The second kappa shape index (κ2) is 7.74. The zero-order valence-corrected chi connectivity index (χ0v) is 17.0. The van der Waals surface area contributed by atoms with E-state index in [4.69, 9.17) is 0 Å². The van der Waals surface area contributed by atoms with Crippen LogP contribution in [-0.4, -0.2) is 38.8 Å². The number of benzene rings is 1. The molecule has 0 N–H and O–H groups in total. The van der Waals surface area contributed by atoms with Crippen LogP contribution < -0.4 is 0 Å². The van der Waals surface area contributed by atoms with Gasteiger partial charge in [0.1, 0.15) is 0 Å². The molecule has 0 radical (unpaired) electrons. The van der Waals surface area contributed by atoms with E-state index >= 15 is 0 Å². The summed E-state index contributed by atoms with van der Waals surface area (Å²) < 4.78 is 29.4. The summed E-state index contributed by atoms with van der Waals surface area (Å²) in [6.07, 6.45) is 1.67. The first-order valence-electron chi connectivity index (χ1n) is 9.08. The maximum Gasteiger partial charge on any atom is 0.252 e. The van der Waals surface area contributed by atoms with Crippen molar-refractivity contribution in [2.45, 2.75) is 52.0 Å². The summed E-state index contributed by atoms with van der Waals surface area (Å²) >= 11 is 0. The highest BCUT2D eigenvalue weighted by molar-refractivity contribution is 7.89. The number of hydrogen-bond donors (Lipinski definition) is 0. The van der Waals surface area contributed by atoms with Gasteiger partial charge in [0.15, 0.2) is 5.82 Å². The summed E-state index contributed by atoms with van der Waals surface area (Å²) in [4.78, 5) is 9.11. The van der Waals surface area contributed by atoms with E-state index < -0.39 is 10.0 Å². The number of aromatic nitrogens is 4. The summed E-state index contributed by atoms with van der Waals surface area (Å²) in [5.41, 5.74) is 2.79. The minimum absolute atomic E-state index is 0.123. The first-order valence-corrected chi connectivity index (χ1v) is 10.5. The lowest BCUT2D eigenvalue weighted by Crippen LogP contribution is -2.32.